The SMILES string of the molecule is COc1cc(Br)c(O)c(C=NCC(=O)c2ccccc2O)c1. The number of para-hydroxylation sites is 1. The van der Waals surface area contributed by atoms with Gasteiger partial charge in [0.1, 0.15) is 23.8 Å². The van der Waals surface area contributed by atoms with Crippen molar-refractivity contribution in [2.24, 2.45) is 4.99 Å². The van der Waals surface area contributed by atoms with Crippen molar-refractivity contribution in [2.45, 2.75) is 0 Å². The van der Waals surface area contributed by atoms with E-state index >= 15 is 0 Å². The molecule has 0 unspecified atom stereocenters. The maximum Gasteiger partial charge on any atom is 0.187 e. The number of phenols is 2. The standard InChI is InChI=1S/C16H14BrNO4/c1-22-11-6-10(16(21)13(17)7-11)8-18-9-15(20)12-4-2-3-5-14(12)19/h2-8,19,21H,9H2,1H3. The molecule has 0 bridgehead atoms. The van der Waals surface area contributed by atoms with E-state index < -0.39 is 0 Å². The van der Waals surface area contributed by atoms with E-state index in [1.807, 2.05) is 0 Å². The second-order valence-electron chi connectivity index (χ2n) is 4.46. The molecular weight excluding hydrogens is 350 g/mol. The monoisotopic (exact) mass is 363 g/mol. The highest BCUT2D eigenvalue weighted by atomic mass is 79.9. The molecule has 0 aromatic heterocycles. The Morgan fingerprint density at radius 3 is 2.73 bits per heavy atom. The van der Waals surface area contributed by atoms with Gasteiger partial charge in [0.05, 0.1) is 17.1 Å². The molecule has 0 radical (unpaired) electrons. The van der Waals surface area contributed by atoms with Crippen LogP contribution in [0.1, 0.15) is 15.9 Å². The van der Waals surface area contributed by atoms with E-state index in [4.69, 9.17) is 4.74 Å². The number of hydrogen-bond donors (Lipinski definition) is 2. The van der Waals surface area contributed by atoms with Gasteiger partial charge in [0.25, 0.3) is 0 Å². The fourth-order valence-corrected chi connectivity index (χ4v) is 2.29. The second-order valence-corrected chi connectivity index (χ2v) is 5.31. The lowest BCUT2D eigenvalue weighted by atomic mass is 10.1. The van der Waals surface area contributed by atoms with E-state index in [1.54, 1.807) is 24.3 Å². The summed E-state index contributed by atoms with van der Waals surface area (Å²) in [4.78, 5) is 16.0. The lowest BCUT2D eigenvalue weighted by Crippen LogP contribution is -2.04. The minimum atomic E-state index is -0.309. The van der Waals surface area contributed by atoms with E-state index in [1.165, 1.54) is 25.5 Å². The smallest absolute Gasteiger partial charge is 0.187 e. The number of methoxy groups -OCH3 is 1. The Labute approximate surface area is 136 Å². The number of ketones is 1. The van der Waals surface area contributed by atoms with Crippen LogP contribution in [0, 0.1) is 0 Å². The third-order valence-corrected chi connectivity index (χ3v) is 3.58. The van der Waals surface area contributed by atoms with Crippen LogP contribution >= 0.6 is 15.9 Å². The van der Waals surface area contributed by atoms with Gasteiger partial charge < -0.3 is 14.9 Å². The lowest BCUT2D eigenvalue weighted by Gasteiger charge is -2.06. The Bertz CT molecular complexity index is 728. The van der Waals surface area contributed by atoms with E-state index in [0.29, 0.717) is 15.8 Å². The predicted molar refractivity (Wildman–Crippen MR) is 87.3 cm³/mol. The first-order valence-corrected chi connectivity index (χ1v) is 7.19. The molecule has 0 saturated carbocycles. The molecule has 114 valence electrons. The van der Waals surface area contributed by atoms with Crippen molar-refractivity contribution in [3.05, 3.63) is 52.0 Å². The first-order chi connectivity index (χ1) is 10.5. The highest BCUT2D eigenvalue weighted by Gasteiger charge is 2.10. The third-order valence-electron chi connectivity index (χ3n) is 2.97. The minimum Gasteiger partial charge on any atom is -0.507 e. The fourth-order valence-electron chi connectivity index (χ4n) is 1.83. The van der Waals surface area contributed by atoms with Gasteiger partial charge in [-0.05, 0) is 40.2 Å². The van der Waals surface area contributed by atoms with Crippen LogP contribution in [0.4, 0.5) is 0 Å². The maximum absolute atomic E-state index is 12.0. The Hall–Kier alpha value is -2.34. The molecular formula is C16H14BrNO4. The highest BCUT2D eigenvalue weighted by molar-refractivity contribution is 9.10. The molecule has 2 N–H and O–H groups in total. The average molecular weight is 364 g/mol. The number of hydrogen-bond acceptors (Lipinski definition) is 5. The van der Waals surface area contributed by atoms with Crippen molar-refractivity contribution in [2.75, 3.05) is 13.7 Å². The highest BCUT2D eigenvalue weighted by Crippen LogP contribution is 2.31. The van der Waals surface area contributed by atoms with Crippen LogP contribution in [0.2, 0.25) is 0 Å². The van der Waals surface area contributed by atoms with E-state index in [0.717, 1.165) is 0 Å². The van der Waals surface area contributed by atoms with E-state index in [9.17, 15) is 15.0 Å². The first-order valence-electron chi connectivity index (χ1n) is 6.40. The quantitative estimate of drug-likeness (QED) is 0.631. The van der Waals surface area contributed by atoms with Crippen LogP contribution in [-0.2, 0) is 0 Å². The second kappa shape index (κ2) is 7.09. The molecule has 2 rings (SSSR count). The van der Waals surface area contributed by atoms with Crippen LogP contribution in [0.15, 0.2) is 45.9 Å². The van der Waals surface area contributed by atoms with Gasteiger partial charge in [-0.15, -0.1) is 0 Å². The molecule has 0 atom stereocenters. The summed E-state index contributed by atoms with van der Waals surface area (Å²) < 4.78 is 5.57. The van der Waals surface area contributed by atoms with Crippen LogP contribution in [0.5, 0.6) is 17.2 Å². The van der Waals surface area contributed by atoms with Crippen molar-refractivity contribution >= 4 is 27.9 Å². The Morgan fingerprint density at radius 2 is 2.05 bits per heavy atom. The summed E-state index contributed by atoms with van der Waals surface area (Å²) >= 11 is 3.21. The van der Waals surface area contributed by atoms with Crippen molar-refractivity contribution in [1.82, 2.24) is 0 Å². The van der Waals surface area contributed by atoms with Crippen LogP contribution < -0.4 is 4.74 Å². The van der Waals surface area contributed by atoms with Crippen molar-refractivity contribution < 1.29 is 19.7 Å². The summed E-state index contributed by atoms with van der Waals surface area (Å²) in [6, 6.07) is 9.52. The average Bonchev–Trinajstić information content (AvgIpc) is 2.51. The molecule has 5 nitrogen and oxygen atoms in total. The van der Waals surface area contributed by atoms with Gasteiger partial charge in [-0.2, -0.15) is 0 Å². The van der Waals surface area contributed by atoms with Crippen molar-refractivity contribution in [3.63, 3.8) is 0 Å². The summed E-state index contributed by atoms with van der Waals surface area (Å²) in [5.74, 6) is 0.184. The number of Topliss-reactive ketones (excluding diaryl/α,β-unsaturated/α-hetero) is 1. The van der Waals surface area contributed by atoms with Crippen LogP contribution in [-0.4, -0.2) is 35.9 Å². The summed E-state index contributed by atoms with van der Waals surface area (Å²) in [7, 11) is 1.52. The van der Waals surface area contributed by atoms with E-state index in [2.05, 4.69) is 20.9 Å². The molecule has 22 heavy (non-hydrogen) atoms. The maximum atomic E-state index is 12.0. The van der Waals surface area contributed by atoms with Gasteiger partial charge in [0.2, 0.25) is 0 Å². The Balaban J connectivity index is 2.15. The fraction of sp³-hybridized carbons (Fsp3) is 0.125. The molecule has 0 spiro atoms. The number of nitrogens with zero attached hydrogens (tertiary/aromatic N) is 1. The number of phenolic OH excluding ortho intramolecular Hbond substituents is 2. The molecule has 0 amide bonds. The van der Waals surface area contributed by atoms with Gasteiger partial charge in [-0.25, -0.2) is 0 Å². The normalized spacial score (nSPS) is 10.8. The molecule has 0 aliphatic heterocycles. The summed E-state index contributed by atoms with van der Waals surface area (Å²) in [6.45, 7) is -0.133. The zero-order chi connectivity index (χ0) is 16.1. The number of carbonyl (C=O) groups is 1. The van der Waals surface area contributed by atoms with Crippen molar-refractivity contribution in [1.29, 1.82) is 0 Å². The Kier molecular flexibility index (Phi) is 5.16. The molecule has 0 aliphatic carbocycles. The number of aliphatic imine (C=N–C) groups is 1. The molecule has 0 fully saturated rings. The lowest BCUT2D eigenvalue weighted by molar-refractivity contribution is 0.0999. The predicted octanol–water partition coefficient (Wildman–Crippen LogP) is 3.17. The molecule has 0 heterocycles. The van der Waals surface area contributed by atoms with Gasteiger partial charge >= 0.3 is 0 Å². The zero-order valence-electron chi connectivity index (χ0n) is 11.8. The number of rotatable bonds is 5. The molecule has 2 aromatic carbocycles. The number of halogens is 1. The summed E-state index contributed by atoms with van der Waals surface area (Å²) in [5.41, 5.74) is 0.645. The number of aromatic hydroxyl groups is 2. The van der Waals surface area contributed by atoms with Crippen LogP contribution in [0.25, 0.3) is 0 Å². The van der Waals surface area contributed by atoms with Crippen molar-refractivity contribution in [3.8, 4) is 17.2 Å². The number of ether oxygens (including phenoxy) is 1. The minimum absolute atomic E-state index is 0.0135. The molecule has 0 saturated heterocycles. The zero-order valence-corrected chi connectivity index (χ0v) is 13.4. The molecule has 6 heteroatoms. The van der Waals surface area contributed by atoms with E-state index in [-0.39, 0.29) is 29.4 Å². The summed E-state index contributed by atoms with van der Waals surface area (Å²) in [5, 5.41) is 19.5. The molecule has 2 aromatic rings. The van der Waals surface area contributed by atoms with Gasteiger partial charge in [-0.3, -0.25) is 9.79 Å². The van der Waals surface area contributed by atoms with Crippen LogP contribution in [0.3, 0.4) is 0 Å². The first kappa shape index (κ1) is 16.0. The Morgan fingerprint density at radius 1 is 1.32 bits per heavy atom. The molecule has 0 aliphatic rings. The van der Waals surface area contributed by atoms with Gasteiger partial charge in [0, 0.05) is 11.8 Å². The number of benzene rings is 2. The largest absolute Gasteiger partial charge is 0.507 e. The number of carbonyl (C=O) groups excluding carboxylic acids is 1. The topological polar surface area (TPSA) is 79.1 Å². The van der Waals surface area contributed by atoms with Gasteiger partial charge in [0.15, 0.2) is 5.78 Å². The van der Waals surface area contributed by atoms with Gasteiger partial charge in [-0.1, -0.05) is 12.1 Å². The third kappa shape index (κ3) is 3.65. The summed E-state index contributed by atoms with van der Waals surface area (Å²) in [6.07, 6.45) is 1.39.